The van der Waals surface area contributed by atoms with Gasteiger partial charge in [-0.05, 0) is 42.7 Å². The zero-order valence-corrected chi connectivity index (χ0v) is 12.2. The van der Waals surface area contributed by atoms with Crippen molar-refractivity contribution >= 4 is 0 Å². The van der Waals surface area contributed by atoms with Gasteiger partial charge < -0.3 is 14.6 Å². The van der Waals surface area contributed by atoms with Gasteiger partial charge in [0, 0.05) is 5.92 Å². The highest BCUT2D eigenvalue weighted by molar-refractivity contribution is 5.36. The summed E-state index contributed by atoms with van der Waals surface area (Å²) in [5.74, 6) is 1.80. The van der Waals surface area contributed by atoms with Gasteiger partial charge >= 0.3 is 0 Å². The fraction of sp³-hybridized carbons (Fsp3) is 0.333. The van der Waals surface area contributed by atoms with Crippen LogP contribution >= 0.6 is 0 Å². The van der Waals surface area contributed by atoms with E-state index in [2.05, 4.69) is 6.07 Å². The van der Waals surface area contributed by atoms with Crippen molar-refractivity contribution in [2.75, 3.05) is 13.2 Å². The Hall–Kier alpha value is -2.00. The van der Waals surface area contributed by atoms with E-state index in [4.69, 9.17) is 9.47 Å². The summed E-state index contributed by atoms with van der Waals surface area (Å²) >= 11 is 0. The summed E-state index contributed by atoms with van der Waals surface area (Å²) in [7, 11) is 0. The molecule has 2 unspecified atom stereocenters. The summed E-state index contributed by atoms with van der Waals surface area (Å²) < 4.78 is 11.3. The smallest absolute Gasteiger partial charge is 0.122 e. The zero-order valence-electron chi connectivity index (χ0n) is 12.2. The van der Waals surface area contributed by atoms with Gasteiger partial charge in [-0.2, -0.15) is 0 Å². The number of hydrogen-bond acceptors (Lipinski definition) is 3. The average Bonchev–Trinajstić information content (AvgIpc) is 2.54. The molecule has 0 saturated heterocycles. The summed E-state index contributed by atoms with van der Waals surface area (Å²) in [6.45, 7) is 3.12. The van der Waals surface area contributed by atoms with Gasteiger partial charge in [0.05, 0.1) is 19.3 Å². The molecule has 2 aromatic carbocycles. The largest absolute Gasteiger partial charge is 0.494 e. The van der Waals surface area contributed by atoms with E-state index < -0.39 is 6.10 Å². The maximum atomic E-state index is 10.6. The standard InChI is InChI=1S/C18H20O3/c1-2-20-16-8-5-7-14(11-16)18(19)15-10-13-6-3-4-9-17(13)21-12-15/h3-9,11,15,18-19H,2,10,12H2,1H3. The fourth-order valence-corrected chi connectivity index (χ4v) is 2.78. The Morgan fingerprint density at radius 3 is 2.95 bits per heavy atom. The molecule has 1 aliphatic rings. The normalized spacial score (nSPS) is 18.5. The van der Waals surface area contributed by atoms with Gasteiger partial charge in [0.15, 0.2) is 0 Å². The van der Waals surface area contributed by atoms with E-state index >= 15 is 0 Å². The van der Waals surface area contributed by atoms with Crippen molar-refractivity contribution in [3.63, 3.8) is 0 Å². The molecule has 0 spiro atoms. The molecule has 2 aromatic rings. The molecule has 1 aliphatic heterocycles. The van der Waals surface area contributed by atoms with Gasteiger partial charge in [-0.3, -0.25) is 0 Å². The summed E-state index contributed by atoms with van der Waals surface area (Å²) in [5, 5.41) is 10.6. The van der Waals surface area contributed by atoms with Crippen LogP contribution < -0.4 is 9.47 Å². The molecule has 0 amide bonds. The average molecular weight is 284 g/mol. The molecule has 0 bridgehead atoms. The van der Waals surface area contributed by atoms with Gasteiger partial charge in [-0.25, -0.2) is 0 Å². The first-order valence-electron chi connectivity index (χ1n) is 7.39. The lowest BCUT2D eigenvalue weighted by atomic mass is 9.88. The molecule has 0 aromatic heterocycles. The molecule has 3 rings (SSSR count). The highest BCUT2D eigenvalue weighted by Crippen LogP contribution is 2.34. The van der Waals surface area contributed by atoms with Crippen molar-refractivity contribution in [1.29, 1.82) is 0 Å². The Balaban J connectivity index is 1.77. The third-order valence-electron chi connectivity index (χ3n) is 3.86. The van der Waals surface area contributed by atoms with Crippen molar-refractivity contribution in [3.05, 3.63) is 59.7 Å². The number of benzene rings is 2. The number of hydrogen-bond donors (Lipinski definition) is 1. The lowest BCUT2D eigenvalue weighted by Gasteiger charge is -2.29. The predicted octanol–water partition coefficient (Wildman–Crippen LogP) is 3.37. The van der Waals surface area contributed by atoms with Crippen LogP contribution in [0.2, 0.25) is 0 Å². The highest BCUT2D eigenvalue weighted by atomic mass is 16.5. The van der Waals surface area contributed by atoms with E-state index in [9.17, 15) is 5.11 Å². The molecule has 0 saturated carbocycles. The van der Waals surface area contributed by atoms with Crippen LogP contribution in [0.4, 0.5) is 0 Å². The van der Waals surface area contributed by atoms with Gasteiger partial charge in [-0.1, -0.05) is 30.3 Å². The topological polar surface area (TPSA) is 38.7 Å². The van der Waals surface area contributed by atoms with Crippen LogP contribution in [0.15, 0.2) is 48.5 Å². The van der Waals surface area contributed by atoms with Crippen LogP contribution in [0.3, 0.4) is 0 Å². The van der Waals surface area contributed by atoms with E-state index in [0.717, 1.165) is 29.0 Å². The third kappa shape index (κ3) is 3.03. The number of fused-ring (bicyclic) bond motifs is 1. The minimum absolute atomic E-state index is 0.0665. The fourth-order valence-electron chi connectivity index (χ4n) is 2.78. The summed E-state index contributed by atoms with van der Waals surface area (Å²) in [6.07, 6.45) is 0.287. The molecule has 110 valence electrons. The molecule has 0 aliphatic carbocycles. The monoisotopic (exact) mass is 284 g/mol. The number of aliphatic hydroxyl groups excluding tert-OH is 1. The van der Waals surface area contributed by atoms with Crippen molar-refractivity contribution in [2.45, 2.75) is 19.4 Å². The Morgan fingerprint density at radius 2 is 2.10 bits per heavy atom. The van der Waals surface area contributed by atoms with Gasteiger partial charge in [0.25, 0.3) is 0 Å². The summed E-state index contributed by atoms with van der Waals surface area (Å²) in [5.41, 5.74) is 2.04. The van der Waals surface area contributed by atoms with Crippen LogP contribution in [-0.4, -0.2) is 18.3 Å². The lowest BCUT2D eigenvalue weighted by Crippen LogP contribution is -2.26. The third-order valence-corrected chi connectivity index (χ3v) is 3.86. The van der Waals surface area contributed by atoms with Crippen LogP contribution in [0.25, 0.3) is 0 Å². The first-order chi connectivity index (χ1) is 10.3. The minimum Gasteiger partial charge on any atom is -0.494 e. The predicted molar refractivity (Wildman–Crippen MR) is 81.7 cm³/mol. The molecule has 0 radical (unpaired) electrons. The molecule has 3 heteroatoms. The Morgan fingerprint density at radius 1 is 1.24 bits per heavy atom. The van der Waals surface area contributed by atoms with E-state index in [1.807, 2.05) is 49.4 Å². The number of aliphatic hydroxyl groups is 1. The SMILES string of the molecule is CCOc1cccc(C(O)C2COc3ccccc3C2)c1. The zero-order chi connectivity index (χ0) is 14.7. The van der Waals surface area contributed by atoms with Gasteiger partial charge in [-0.15, -0.1) is 0 Å². The van der Waals surface area contributed by atoms with Crippen molar-refractivity contribution in [1.82, 2.24) is 0 Å². The summed E-state index contributed by atoms with van der Waals surface area (Å²) in [4.78, 5) is 0. The van der Waals surface area contributed by atoms with E-state index in [1.165, 1.54) is 0 Å². The number of rotatable bonds is 4. The number of para-hydroxylation sites is 1. The second kappa shape index (κ2) is 6.19. The molecule has 0 fully saturated rings. The van der Waals surface area contributed by atoms with Gasteiger partial charge in [0.2, 0.25) is 0 Å². The van der Waals surface area contributed by atoms with Crippen molar-refractivity contribution < 1.29 is 14.6 Å². The second-order valence-corrected chi connectivity index (χ2v) is 5.33. The maximum absolute atomic E-state index is 10.6. The minimum atomic E-state index is -0.543. The maximum Gasteiger partial charge on any atom is 0.122 e. The van der Waals surface area contributed by atoms with Crippen LogP contribution in [0.5, 0.6) is 11.5 Å². The first-order valence-corrected chi connectivity index (χ1v) is 7.39. The highest BCUT2D eigenvalue weighted by Gasteiger charge is 2.27. The molecule has 21 heavy (non-hydrogen) atoms. The quantitative estimate of drug-likeness (QED) is 0.935. The molecule has 1 heterocycles. The lowest BCUT2D eigenvalue weighted by molar-refractivity contribution is 0.0643. The first kappa shape index (κ1) is 14.0. The van der Waals surface area contributed by atoms with E-state index in [-0.39, 0.29) is 5.92 Å². The Bertz CT molecular complexity index is 609. The number of ether oxygens (including phenoxy) is 2. The van der Waals surface area contributed by atoms with E-state index in [0.29, 0.717) is 13.2 Å². The van der Waals surface area contributed by atoms with E-state index in [1.54, 1.807) is 0 Å². The summed E-state index contributed by atoms with van der Waals surface area (Å²) in [6, 6.07) is 15.7. The Labute approximate surface area is 125 Å². The molecule has 1 N–H and O–H groups in total. The van der Waals surface area contributed by atoms with Crippen molar-refractivity contribution in [2.24, 2.45) is 5.92 Å². The van der Waals surface area contributed by atoms with Crippen LogP contribution in [0, 0.1) is 5.92 Å². The van der Waals surface area contributed by atoms with Crippen LogP contribution in [-0.2, 0) is 6.42 Å². The van der Waals surface area contributed by atoms with Crippen LogP contribution in [0.1, 0.15) is 24.2 Å². The van der Waals surface area contributed by atoms with Gasteiger partial charge in [0.1, 0.15) is 11.5 Å². The molecular weight excluding hydrogens is 264 g/mol. The molecular formula is C18H20O3. The van der Waals surface area contributed by atoms with Crippen molar-refractivity contribution in [3.8, 4) is 11.5 Å². The molecule has 3 nitrogen and oxygen atoms in total. The second-order valence-electron chi connectivity index (χ2n) is 5.33. The molecule has 2 atom stereocenters. The Kier molecular flexibility index (Phi) is 4.11.